The summed E-state index contributed by atoms with van der Waals surface area (Å²) < 4.78 is 13.4. The number of aromatic nitrogens is 3. The number of ether oxygens (including phenoxy) is 2. The summed E-state index contributed by atoms with van der Waals surface area (Å²) in [6.45, 7) is 1.44. The summed E-state index contributed by atoms with van der Waals surface area (Å²) >= 11 is 1.65. The highest BCUT2D eigenvalue weighted by atomic mass is 32.1. The van der Waals surface area contributed by atoms with Crippen LogP contribution in [0.5, 0.6) is 0 Å². The van der Waals surface area contributed by atoms with Crippen LogP contribution in [0.4, 0.5) is 0 Å². The first-order valence-electron chi connectivity index (χ1n) is 7.34. The molecule has 1 fully saturated rings. The van der Waals surface area contributed by atoms with Crippen LogP contribution in [0, 0.1) is 0 Å². The Hall–Kier alpha value is -1.76. The zero-order chi connectivity index (χ0) is 15.0. The Kier molecular flexibility index (Phi) is 3.44. The van der Waals surface area contributed by atoms with Crippen molar-refractivity contribution in [3.63, 3.8) is 0 Å². The van der Waals surface area contributed by atoms with Crippen molar-refractivity contribution in [1.82, 2.24) is 14.4 Å². The normalized spacial score (nSPS) is 17.9. The van der Waals surface area contributed by atoms with Crippen molar-refractivity contribution in [3.8, 4) is 11.4 Å². The summed E-state index contributed by atoms with van der Waals surface area (Å²) in [4.78, 5) is 9.28. The first-order chi connectivity index (χ1) is 10.8. The maximum atomic E-state index is 5.83. The van der Waals surface area contributed by atoms with Crippen LogP contribution in [0.1, 0.15) is 17.8 Å². The van der Waals surface area contributed by atoms with Crippen LogP contribution in [0.25, 0.3) is 17.0 Å². The summed E-state index contributed by atoms with van der Waals surface area (Å²) in [5, 5.41) is 3.11. The van der Waals surface area contributed by atoms with Crippen molar-refractivity contribution >= 4 is 17.0 Å². The maximum absolute atomic E-state index is 5.83. The van der Waals surface area contributed by atoms with E-state index in [1.165, 1.54) is 0 Å². The van der Waals surface area contributed by atoms with Gasteiger partial charge in [0.05, 0.1) is 17.6 Å². The molecule has 3 aromatic rings. The smallest absolute Gasteiger partial charge is 0.137 e. The van der Waals surface area contributed by atoms with E-state index >= 15 is 0 Å². The van der Waals surface area contributed by atoms with Gasteiger partial charge in [-0.1, -0.05) is 6.07 Å². The van der Waals surface area contributed by atoms with Crippen LogP contribution >= 0.6 is 11.3 Å². The molecule has 1 aliphatic heterocycles. The number of nitrogens with zero attached hydrogens (tertiary/aromatic N) is 3. The minimum absolute atomic E-state index is 0.304. The van der Waals surface area contributed by atoms with Crippen molar-refractivity contribution in [2.24, 2.45) is 0 Å². The van der Waals surface area contributed by atoms with Crippen LogP contribution in [0.15, 0.2) is 36.0 Å². The van der Waals surface area contributed by atoms with Crippen molar-refractivity contribution in [1.29, 1.82) is 0 Å². The standard InChI is InChI=1S/C16H17N3O2S/c1-20-16(5-8-21-9-6-16)15-18-12(11-22-15)13-10-17-14-4-2-3-7-19(13)14/h2-4,7,10-11H,5-6,8-9H2,1H3. The molecule has 0 spiro atoms. The van der Waals surface area contributed by atoms with E-state index in [1.807, 2.05) is 30.6 Å². The van der Waals surface area contributed by atoms with Gasteiger partial charge in [0.15, 0.2) is 0 Å². The van der Waals surface area contributed by atoms with Crippen LogP contribution in [-0.2, 0) is 15.1 Å². The monoisotopic (exact) mass is 315 g/mol. The number of rotatable bonds is 3. The minimum Gasteiger partial charge on any atom is -0.381 e. The first-order valence-corrected chi connectivity index (χ1v) is 8.22. The fourth-order valence-electron chi connectivity index (χ4n) is 2.93. The van der Waals surface area contributed by atoms with E-state index in [1.54, 1.807) is 18.4 Å². The molecule has 3 aromatic heterocycles. The molecule has 4 heterocycles. The van der Waals surface area contributed by atoms with E-state index in [-0.39, 0.29) is 5.60 Å². The van der Waals surface area contributed by atoms with E-state index in [0.29, 0.717) is 0 Å². The van der Waals surface area contributed by atoms with Crippen LogP contribution in [0.2, 0.25) is 0 Å². The number of fused-ring (bicyclic) bond motifs is 1. The lowest BCUT2D eigenvalue weighted by Crippen LogP contribution is -2.35. The van der Waals surface area contributed by atoms with Crippen molar-refractivity contribution in [2.75, 3.05) is 20.3 Å². The second-order valence-electron chi connectivity index (χ2n) is 5.42. The van der Waals surface area contributed by atoms with Gasteiger partial charge in [0.25, 0.3) is 0 Å². The molecule has 0 N–H and O–H groups in total. The number of thiazole rings is 1. The third-order valence-electron chi connectivity index (χ3n) is 4.26. The third kappa shape index (κ3) is 2.15. The third-order valence-corrected chi connectivity index (χ3v) is 5.29. The van der Waals surface area contributed by atoms with Crippen LogP contribution < -0.4 is 0 Å². The van der Waals surface area contributed by atoms with Gasteiger partial charge < -0.3 is 9.47 Å². The number of pyridine rings is 1. The molecule has 0 unspecified atom stereocenters. The van der Waals surface area contributed by atoms with Gasteiger partial charge in [-0.05, 0) is 12.1 Å². The molecule has 0 aliphatic carbocycles. The molecule has 0 radical (unpaired) electrons. The second kappa shape index (κ2) is 5.46. The van der Waals surface area contributed by atoms with E-state index in [2.05, 4.69) is 14.8 Å². The average Bonchev–Trinajstić information content (AvgIpc) is 3.22. The molecular weight excluding hydrogens is 298 g/mol. The Balaban J connectivity index is 1.75. The van der Waals surface area contributed by atoms with Crippen molar-refractivity contribution < 1.29 is 9.47 Å². The quantitative estimate of drug-likeness (QED) is 0.745. The second-order valence-corrected chi connectivity index (χ2v) is 6.28. The lowest BCUT2D eigenvalue weighted by molar-refractivity contribution is -0.0947. The van der Waals surface area contributed by atoms with Crippen molar-refractivity contribution in [3.05, 3.63) is 41.0 Å². The maximum Gasteiger partial charge on any atom is 0.137 e. The Morgan fingerprint density at radius 1 is 1.32 bits per heavy atom. The summed E-state index contributed by atoms with van der Waals surface area (Å²) in [5.41, 5.74) is 2.58. The van der Waals surface area contributed by atoms with E-state index in [0.717, 1.165) is 48.1 Å². The number of imidazole rings is 1. The summed E-state index contributed by atoms with van der Waals surface area (Å²) in [7, 11) is 1.76. The fraction of sp³-hybridized carbons (Fsp3) is 0.375. The summed E-state index contributed by atoms with van der Waals surface area (Å²) in [5.74, 6) is 0. The molecule has 0 aromatic carbocycles. The minimum atomic E-state index is -0.304. The molecule has 0 amide bonds. The van der Waals surface area contributed by atoms with E-state index in [4.69, 9.17) is 14.5 Å². The van der Waals surface area contributed by atoms with Crippen LogP contribution in [0.3, 0.4) is 0 Å². The van der Waals surface area contributed by atoms with Gasteiger partial charge in [-0.3, -0.25) is 4.40 Å². The molecular formula is C16H17N3O2S. The molecule has 4 rings (SSSR count). The molecule has 1 saturated heterocycles. The van der Waals surface area contributed by atoms with Gasteiger partial charge in [-0.2, -0.15) is 0 Å². The zero-order valence-corrected chi connectivity index (χ0v) is 13.2. The molecule has 0 saturated carbocycles. The van der Waals surface area contributed by atoms with Gasteiger partial charge in [-0.15, -0.1) is 11.3 Å². The summed E-state index contributed by atoms with van der Waals surface area (Å²) in [6, 6.07) is 5.98. The van der Waals surface area contributed by atoms with E-state index in [9.17, 15) is 0 Å². The van der Waals surface area contributed by atoms with Gasteiger partial charge in [-0.25, -0.2) is 9.97 Å². The van der Waals surface area contributed by atoms with Gasteiger partial charge in [0.2, 0.25) is 0 Å². The van der Waals surface area contributed by atoms with Crippen molar-refractivity contribution in [2.45, 2.75) is 18.4 Å². The predicted octanol–water partition coefficient (Wildman–Crippen LogP) is 3.11. The number of methoxy groups -OCH3 is 1. The molecule has 22 heavy (non-hydrogen) atoms. The Morgan fingerprint density at radius 3 is 3.00 bits per heavy atom. The predicted molar refractivity (Wildman–Crippen MR) is 85.0 cm³/mol. The highest BCUT2D eigenvalue weighted by molar-refractivity contribution is 7.10. The average molecular weight is 315 g/mol. The number of hydrogen-bond donors (Lipinski definition) is 0. The highest BCUT2D eigenvalue weighted by Crippen LogP contribution is 2.38. The molecule has 0 bridgehead atoms. The lowest BCUT2D eigenvalue weighted by atomic mass is 9.95. The molecule has 5 nitrogen and oxygen atoms in total. The Bertz CT molecular complexity index is 789. The lowest BCUT2D eigenvalue weighted by Gasteiger charge is -2.33. The zero-order valence-electron chi connectivity index (χ0n) is 12.4. The summed E-state index contributed by atoms with van der Waals surface area (Å²) in [6.07, 6.45) is 5.59. The van der Waals surface area contributed by atoms with Gasteiger partial charge in [0.1, 0.15) is 16.3 Å². The molecule has 0 atom stereocenters. The SMILES string of the molecule is COC1(c2nc(-c3cnc4ccccn34)cs2)CCOCC1. The largest absolute Gasteiger partial charge is 0.381 e. The van der Waals surface area contributed by atoms with Crippen LogP contribution in [-0.4, -0.2) is 34.7 Å². The van der Waals surface area contributed by atoms with Gasteiger partial charge in [0, 0.05) is 44.7 Å². The Labute approximate surface area is 132 Å². The van der Waals surface area contributed by atoms with E-state index < -0.39 is 0 Å². The Morgan fingerprint density at radius 2 is 2.18 bits per heavy atom. The highest BCUT2D eigenvalue weighted by Gasteiger charge is 2.37. The molecule has 114 valence electrons. The van der Waals surface area contributed by atoms with Gasteiger partial charge >= 0.3 is 0 Å². The fourth-order valence-corrected chi connectivity index (χ4v) is 3.98. The topological polar surface area (TPSA) is 48.7 Å². The first kappa shape index (κ1) is 13.9. The number of hydrogen-bond acceptors (Lipinski definition) is 5. The molecule has 6 heteroatoms. The molecule has 1 aliphatic rings.